The molecule has 1 aliphatic carbocycles. The van der Waals surface area contributed by atoms with Gasteiger partial charge in [-0.25, -0.2) is 0 Å². The van der Waals surface area contributed by atoms with Gasteiger partial charge in [0, 0.05) is 17.6 Å². The maximum absolute atomic E-state index is 12.7. The van der Waals surface area contributed by atoms with Crippen molar-refractivity contribution in [1.29, 1.82) is 0 Å². The first-order valence-electron chi connectivity index (χ1n) is 8.69. The number of hydrogen-bond acceptors (Lipinski definition) is 3. The Kier molecular flexibility index (Phi) is 4.88. The summed E-state index contributed by atoms with van der Waals surface area (Å²) in [6, 6.07) is 7.20. The number of carboxylic acid groups (broad SMARTS) is 1. The van der Waals surface area contributed by atoms with Gasteiger partial charge in [0.2, 0.25) is 0 Å². The van der Waals surface area contributed by atoms with Crippen LogP contribution in [0.5, 0.6) is 0 Å². The van der Waals surface area contributed by atoms with E-state index in [-0.39, 0.29) is 18.4 Å². The van der Waals surface area contributed by atoms with Crippen LogP contribution in [-0.4, -0.2) is 26.8 Å². The summed E-state index contributed by atoms with van der Waals surface area (Å²) < 4.78 is 1.98. The molecule has 1 fully saturated rings. The van der Waals surface area contributed by atoms with Crippen LogP contribution in [0.1, 0.15) is 66.7 Å². The molecule has 1 atom stereocenters. The van der Waals surface area contributed by atoms with E-state index in [9.17, 15) is 9.59 Å². The fourth-order valence-electron chi connectivity index (χ4n) is 2.97. The lowest BCUT2D eigenvalue weighted by Gasteiger charge is -2.14. The van der Waals surface area contributed by atoms with Crippen LogP contribution in [0.25, 0.3) is 0 Å². The van der Waals surface area contributed by atoms with Crippen molar-refractivity contribution < 1.29 is 14.7 Å². The number of benzene rings is 1. The monoisotopic (exact) mass is 341 g/mol. The van der Waals surface area contributed by atoms with E-state index < -0.39 is 5.97 Å². The van der Waals surface area contributed by atoms with Gasteiger partial charge in [0.25, 0.3) is 5.91 Å². The van der Waals surface area contributed by atoms with Crippen LogP contribution in [0.4, 0.5) is 5.69 Å². The fourth-order valence-corrected chi connectivity index (χ4v) is 2.97. The maximum Gasteiger partial charge on any atom is 0.307 e. The smallest absolute Gasteiger partial charge is 0.307 e. The molecule has 0 saturated heterocycles. The van der Waals surface area contributed by atoms with E-state index in [4.69, 9.17) is 5.11 Å². The van der Waals surface area contributed by atoms with Crippen LogP contribution in [0, 0.1) is 0 Å². The fraction of sp³-hybridized carbons (Fsp3) is 0.421. The third kappa shape index (κ3) is 3.90. The molecule has 2 aromatic rings. The molecule has 1 amide bonds. The molecule has 1 saturated carbocycles. The van der Waals surface area contributed by atoms with Gasteiger partial charge in [0.15, 0.2) is 0 Å². The number of nitrogens with one attached hydrogen (secondary N) is 1. The quantitative estimate of drug-likeness (QED) is 0.806. The maximum atomic E-state index is 12.7. The summed E-state index contributed by atoms with van der Waals surface area (Å²) in [7, 11) is 0. The number of anilines is 1. The Morgan fingerprint density at radius 1 is 1.40 bits per heavy atom. The topological polar surface area (TPSA) is 84.2 Å². The second-order valence-corrected chi connectivity index (χ2v) is 6.64. The molecule has 0 bridgehead atoms. The van der Waals surface area contributed by atoms with E-state index in [2.05, 4.69) is 24.3 Å². The van der Waals surface area contributed by atoms with Crippen molar-refractivity contribution in [1.82, 2.24) is 9.78 Å². The molecule has 0 aliphatic heterocycles. The molecule has 1 heterocycles. The lowest BCUT2D eigenvalue weighted by Crippen LogP contribution is -2.16. The lowest BCUT2D eigenvalue weighted by atomic mass is 10.1. The minimum Gasteiger partial charge on any atom is -0.481 e. The summed E-state index contributed by atoms with van der Waals surface area (Å²) in [5, 5.41) is 16.2. The summed E-state index contributed by atoms with van der Waals surface area (Å²) in [6.45, 7) is 4.21. The number of carbonyl (C=O) groups is 2. The predicted molar refractivity (Wildman–Crippen MR) is 94.9 cm³/mol. The Morgan fingerprint density at radius 2 is 2.16 bits per heavy atom. The minimum absolute atomic E-state index is 0.0665. The van der Waals surface area contributed by atoms with Gasteiger partial charge in [-0.1, -0.05) is 19.1 Å². The first-order valence-corrected chi connectivity index (χ1v) is 8.69. The van der Waals surface area contributed by atoms with Gasteiger partial charge >= 0.3 is 5.97 Å². The first kappa shape index (κ1) is 17.2. The highest BCUT2D eigenvalue weighted by atomic mass is 16.4. The van der Waals surface area contributed by atoms with Gasteiger partial charge in [0.1, 0.15) is 0 Å². The van der Waals surface area contributed by atoms with E-state index in [1.807, 2.05) is 4.68 Å². The second kappa shape index (κ2) is 7.09. The summed E-state index contributed by atoms with van der Waals surface area (Å²) >= 11 is 0. The molecule has 1 aliphatic rings. The van der Waals surface area contributed by atoms with Crippen molar-refractivity contribution in [3.63, 3.8) is 0 Å². The zero-order valence-corrected chi connectivity index (χ0v) is 14.5. The third-order valence-electron chi connectivity index (χ3n) is 4.59. The number of nitrogens with zero attached hydrogens (tertiary/aromatic N) is 2. The molecular weight excluding hydrogens is 318 g/mol. The Hall–Kier alpha value is -2.63. The summed E-state index contributed by atoms with van der Waals surface area (Å²) in [6.07, 6.45) is 4.73. The number of rotatable bonds is 7. The molecular formula is C19H23N3O3. The van der Waals surface area contributed by atoms with Gasteiger partial charge in [0.05, 0.1) is 23.9 Å². The number of aliphatic carboxylic acids is 1. The summed E-state index contributed by atoms with van der Waals surface area (Å²) in [5.74, 6) is -0.672. The van der Waals surface area contributed by atoms with E-state index in [0.717, 1.165) is 25.0 Å². The second-order valence-electron chi connectivity index (χ2n) is 6.64. The average molecular weight is 341 g/mol. The normalized spacial score (nSPS) is 15.0. The van der Waals surface area contributed by atoms with Crippen LogP contribution in [-0.2, 0) is 11.2 Å². The third-order valence-corrected chi connectivity index (χ3v) is 4.59. The van der Waals surface area contributed by atoms with Crippen molar-refractivity contribution >= 4 is 17.6 Å². The molecule has 6 heteroatoms. The standard InChI is InChI=1S/C19H23N3O3/c1-3-12(2)22-18(14-7-8-14)16(11-20-22)19(25)21-15-6-4-5-13(9-15)10-17(23)24/h4-6,9,11-12,14H,3,7-8,10H2,1-2H3,(H,21,25)(H,23,24). The molecule has 3 rings (SSSR count). The number of carbonyl (C=O) groups excluding carboxylic acids is 1. The Balaban J connectivity index is 1.82. The van der Waals surface area contributed by atoms with Gasteiger partial charge < -0.3 is 10.4 Å². The largest absolute Gasteiger partial charge is 0.481 e. The summed E-state index contributed by atoms with van der Waals surface area (Å²) in [5.41, 5.74) is 2.89. The molecule has 1 unspecified atom stereocenters. The number of hydrogen-bond donors (Lipinski definition) is 2. The van der Waals surface area contributed by atoms with Crippen LogP contribution < -0.4 is 5.32 Å². The highest BCUT2D eigenvalue weighted by Gasteiger charge is 2.33. The molecule has 2 N–H and O–H groups in total. The first-order chi connectivity index (χ1) is 12.0. The van der Waals surface area contributed by atoms with Crippen LogP contribution in [0.3, 0.4) is 0 Å². The SMILES string of the molecule is CCC(C)n1ncc(C(=O)Nc2cccc(CC(=O)O)c2)c1C1CC1. The van der Waals surface area contributed by atoms with Crippen LogP contribution in [0.15, 0.2) is 30.5 Å². The lowest BCUT2D eigenvalue weighted by molar-refractivity contribution is -0.136. The van der Waals surface area contributed by atoms with Crippen molar-refractivity contribution in [2.75, 3.05) is 5.32 Å². The molecule has 132 valence electrons. The van der Waals surface area contributed by atoms with Gasteiger partial charge in [-0.3, -0.25) is 14.3 Å². The summed E-state index contributed by atoms with van der Waals surface area (Å²) in [4.78, 5) is 23.6. The van der Waals surface area contributed by atoms with Crippen molar-refractivity contribution in [2.45, 2.75) is 51.5 Å². The van der Waals surface area contributed by atoms with Crippen molar-refractivity contribution in [2.24, 2.45) is 0 Å². The zero-order chi connectivity index (χ0) is 18.0. The average Bonchev–Trinajstić information content (AvgIpc) is 3.31. The molecule has 0 radical (unpaired) electrons. The van der Waals surface area contributed by atoms with Gasteiger partial charge in [-0.15, -0.1) is 0 Å². The predicted octanol–water partition coefficient (Wildman–Crippen LogP) is 3.61. The van der Waals surface area contributed by atoms with E-state index >= 15 is 0 Å². The van der Waals surface area contributed by atoms with Crippen molar-refractivity contribution in [3.8, 4) is 0 Å². The molecule has 6 nitrogen and oxygen atoms in total. The molecule has 1 aromatic carbocycles. The number of amides is 1. The Labute approximate surface area is 146 Å². The van der Waals surface area contributed by atoms with Gasteiger partial charge in [-0.05, 0) is 43.9 Å². The molecule has 25 heavy (non-hydrogen) atoms. The molecule has 1 aromatic heterocycles. The zero-order valence-electron chi connectivity index (χ0n) is 14.5. The van der Waals surface area contributed by atoms with Crippen LogP contribution >= 0.6 is 0 Å². The highest BCUT2D eigenvalue weighted by molar-refractivity contribution is 6.05. The van der Waals surface area contributed by atoms with Crippen LogP contribution in [0.2, 0.25) is 0 Å². The number of aromatic nitrogens is 2. The van der Waals surface area contributed by atoms with E-state index in [1.54, 1.807) is 30.5 Å². The Morgan fingerprint density at radius 3 is 2.80 bits per heavy atom. The Bertz CT molecular complexity index is 793. The van der Waals surface area contributed by atoms with Crippen molar-refractivity contribution in [3.05, 3.63) is 47.3 Å². The number of carboxylic acids is 1. The van der Waals surface area contributed by atoms with E-state index in [0.29, 0.717) is 22.7 Å². The van der Waals surface area contributed by atoms with E-state index in [1.165, 1.54) is 0 Å². The van der Waals surface area contributed by atoms with Gasteiger partial charge in [-0.2, -0.15) is 5.10 Å². The highest BCUT2D eigenvalue weighted by Crippen LogP contribution is 2.42. The molecule has 0 spiro atoms. The minimum atomic E-state index is -0.894.